The normalized spacial score (nSPS) is 51.5. The molecule has 2 heteroatoms. The van der Waals surface area contributed by atoms with Gasteiger partial charge in [0.15, 0.2) is 0 Å². The molecule has 120 valence electrons. The predicted octanol–water partition coefficient (Wildman–Crippen LogP) is 4.21. The van der Waals surface area contributed by atoms with E-state index < -0.39 is 0 Å². The third-order valence-electron chi connectivity index (χ3n) is 7.42. The molecule has 0 bridgehead atoms. The van der Waals surface area contributed by atoms with Crippen molar-refractivity contribution in [2.24, 2.45) is 35.0 Å². The molecule has 0 radical (unpaired) electrons. The lowest BCUT2D eigenvalue weighted by Crippen LogP contribution is -2.47. The van der Waals surface area contributed by atoms with Gasteiger partial charge in [-0.3, -0.25) is 4.79 Å². The molecule has 21 heavy (non-hydrogen) atoms. The lowest BCUT2D eigenvalue weighted by atomic mass is 9.53. The Morgan fingerprint density at radius 3 is 2.48 bits per heavy atom. The molecule has 0 aromatic heterocycles. The van der Waals surface area contributed by atoms with E-state index >= 15 is 0 Å². The number of hydrogen-bond acceptors (Lipinski definition) is 2. The number of carbonyl (C=O) groups is 1. The van der Waals surface area contributed by atoms with E-state index in [-0.39, 0.29) is 11.5 Å². The third-order valence-corrected chi connectivity index (χ3v) is 7.42. The Labute approximate surface area is 129 Å². The van der Waals surface area contributed by atoms with Crippen LogP contribution in [0.5, 0.6) is 0 Å². The SMILES string of the molecule is CC.CC12CCC3C4CC(=O)CC4CCC3C1CCC2O. The Morgan fingerprint density at radius 2 is 1.71 bits per heavy atom. The summed E-state index contributed by atoms with van der Waals surface area (Å²) in [5, 5.41) is 10.3. The second-order valence-corrected chi connectivity index (χ2v) is 8.02. The van der Waals surface area contributed by atoms with Crippen LogP contribution in [0.2, 0.25) is 0 Å². The molecule has 4 aliphatic carbocycles. The van der Waals surface area contributed by atoms with Crippen LogP contribution in [-0.2, 0) is 4.79 Å². The Balaban J connectivity index is 0.000000636. The molecule has 4 rings (SSSR count). The number of fused-ring (bicyclic) bond motifs is 5. The Hall–Kier alpha value is -0.370. The first-order chi connectivity index (χ1) is 10.1. The Bertz CT molecular complexity index is 404. The molecule has 4 saturated carbocycles. The van der Waals surface area contributed by atoms with Crippen molar-refractivity contribution in [3.63, 3.8) is 0 Å². The highest BCUT2D eigenvalue weighted by Gasteiger charge is 2.57. The number of hydrogen-bond donors (Lipinski definition) is 1. The minimum atomic E-state index is -0.0682. The van der Waals surface area contributed by atoms with E-state index in [2.05, 4.69) is 6.92 Å². The highest BCUT2D eigenvalue weighted by Crippen LogP contribution is 2.62. The summed E-state index contributed by atoms with van der Waals surface area (Å²) >= 11 is 0. The number of Topliss-reactive ketones (excluding diaryl/α,β-unsaturated/α-hetero) is 1. The van der Waals surface area contributed by atoms with Gasteiger partial charge in [-0.15, -0.1) is 0 Å². The highest BCUT2D eigenvalue weighted by atomic mass is 16.3. The van der Waals surface area contributed by atoms with Crippen molar-refractivity contribution in [1.82, 2.24) is 0 Å². The van der Waals surface area contributed by atoms with Gasteiger partial charge in [-0.1, -0.05) is 20.8 Å². The van der Waals surface area contributed by atoms with Crippen molar-refractivity contribution in [3.8, 4) is 0 Å². The van der Waals surface area contributed by atoms with Crippen molar-refractivity contribution in [3.05, 3.63) is 0 Å². The van der Waals surface area contributed by atoms with E-state index in [1.165, 1.54) is 32.1 Å². The maximum absolute atomic E-state index is 11.8. The first-order valence-corrected chi connectivity index (χ1v) is 9.29. The average Bonchev–Trinajstić information content (AvgIpc) is 3.01. The van der Waals surface area contributed by atoms with Crippen LogP contribution < -0.4 is 0 Å². The largest absolute Gasteiger partial charge is 0.393 e. The molecule has 0 aromatic rings. The summed E-state index contributed by atoms with van der Waals surface area (Å²) in [6, 6.07) is 0. The lowest BCUT2D eigenvalue weighted by molar-refractivity contribution is -0.118. The molecule has 4 fully saturated rings. The summed E-state index contributed by atoms with van der Waals surface area (Å²) in [5.74, 6) is 4.28. The minimum Gasteiger partial charge on any atom is -0.393 e. The number of aliphatic hydroxyl groups excluding tert-OH is 1. The van der Waals surface area contributed by atoms with Crippen LogP contribution >= 0.6 is 0 Å². The van der Waals surface area contributed by atoms with Crippen LogP contribution in [0, 0.1) is 35.0 Å². The molecule has 1 N–H and O–H groups in total. The van der Waals surface area contributed by atoms with Gasteiger partial charge in [0.25, 0.3) is 0 Å². The zero-order valence-electron chi connectivity index (χ0n) is 14.0. The third kappa shape index (κ3) is 2.29. The lowest BCUT2D eigenvalue weighted by Gasteiger charge is -2.52. The molecule has 7 atom stereocenters. The van der Waals surface area contributed by atoms with Crippen LogP contribution in [0.25, 0.3) is 0 Å². The fourth-order valence-corrected chi connectivity index (χ4v) is 6.42. The van der Waals surface area contributed by atoms with Crippen LogP contribution in [0.15, 0.2) is 0 Å². The zero-order valence-corrected chi connectivity index (χ0v) is 14.0. The average molecular weight is 292 g/mol. The van der Waals surface area contributed by atoms with Crippen molar-refractivity contribution < 1.29 is 9.90 Å². The molecule has 0 spiro atoms. The maximum Gasteiger partial charge on any atom is 0.133 e. The van der Waals surface area contributed by atoms with Gasteiger partial charge in [0, 0.05) is 12.8 Å². The van der Waals surface area contributed by atoms with Gasteiger partial charge in [0.2, 0.25) is 0 Å². The zero-order chi connectivity index (χ0) is 15.2. The van der Waals surface area contributed by atoms with Gasteiger partial charge in [-0.2, -0.15) is 0 Å². The van der Waals surface area contributed by atoms with E-state index in [0.29, 0.717) is 17.6 Å². The van der Waals surface area contributed by atoms with Gasteiger partial charge in [0.05, 0.1) is 6.10 Å². The molecular weight excluding hydrogens is 260 g/mol. The van der Waals surface area contributed by atoms with Crippen LogP contribution in [-0.4, -0.2) is 17.0 Å². The summed E-state index contributed by atoms with van der Waals surface area (Å²) in [6.45, 7) is 6.33. The number of rotatable bonds is 0. The van der Waals surface area contributed by atoms with Gasteiger partial charge in [0.1, 0.15) is 5.78 Å². The van der Waals surface area contributed by atoms with Crippen molar-refractivity contribution in [2.45, 2.75) is 78.2 Å². The molecule has 4 aliphatic rings. The smallest absolute Gasteiger partial charge is 0.133 e. The fourth-order valence-electron chi connectivity index (χ4n) is 6.42. The molecule has 0 aromatic carbocycles. The van der Waals surface area contributed by atoms with E-state index in [1.54, 1.807) is 0 Å². The monoisotopic (exact) mass is 292 g/mol. The molecule has 0 saturated heterocycles. The Kier molecular flexibility index (Phi) is 4.20. The minimum absolute atomic E-state index is 0.0682. The summed E-state index contributed by atoms with van der Waals surface area (Å²) < 4.78 is 0. The Morgan fingerprint density at radius 1 is 0.952 bits per heavy atom. The van der Waals surface area contributed by atoms with Crippen LogP contribution in [0.1, 0.15) is 72.1 Å². The molecule has 0 amide bonds. The van der Waals surface area contributed by atoms with Crippen molar-refractivity contribution in [1.29, 1.82) is 0 Å². The van der Waals surface area contributed by atoms with E-state index in [9.17, 15) is 9.90 Å². The summed E-state index contributed by atoms with van der Waals surface area (Å²) in [4.78, 5) is 11.8. The van der Waals surface area contributed by atoms with Gasteiger partial charge in [-0.25, -0.2) is 0 Å². The van der Waals surface area contributed by atoms with E-state index in [1.807, 2.05) is 13.8 Å². The number of ketones is 1. The van der Waals surface area contributed by atoms with Gasteiger partial charge >= 0.3 is 0 Å². The molecule has 2 nitrogen and oxygen atoms in total. The van der Waals surface area contributed by atoms with Crippen LogP contribution in [0.4, 0.5) is 0 Å². The van der Waals surface area contributed by atoms with Gasteiger partial charge in [-0.05, 0) is 73.5 Å². The topological polar surface area (TPSA) is 37.3 Å². The van der Waals surface area contributed by atoms with Crippen molar-refractivity contribution in [2.75, 3.05) is 0 Å². The standard InChI is InChI=1S/C17H26O2.C2H6/c1-17-7-6-12-13(15(17)4-5-16(17)19)3-2-10-8-11(18)9-14(10)12;1-2/h10,12-16,19H,2-9H2,1H3;1-2H3. The summed E-state index contributed by atoms with van der Waals surface area (Å²) in [6.07, 6.45) is 8.98. The first-order valence-electron chi connectivity index (χ1n) is 9.29. The molecule has 7 unspecified atom stereocenters. The number of aliphatic hydroxyl groups is 1. The second kappa shape index (κ2) is 5.68. The van der Waals surface area contributed by atoms with Crippen molar-refractivity contribution >= 4 is 5.78 Å². The highest BCUT2D eigenvalue weighted by molar-refractivity contribution is 5.81. The predicted molar refractivity (Wildman–Crippen MR) is 84.9 cm³/mol. The summed E-state index contributed by atoms with van der Waals surface area (Å²) in [5.41, 5.74) is 0.191. The fraction of sp³-hybridized carbons (Fsp3) is 0.947. The quantitative estimate of drug-likeness (QED) is 0.726. The van der Waals surface area contributed by atoms with Gasteiger partial charge < -0.3 is 5.11 Å². The first kappa shape index (κ1) is 15.5. The van der Waals surface area contributed by atoms with Crippen LogP contribution in [0.3, 0.4) is 0 Å². The molecule has 0 heterocycles. The maximum atomic E-state index is 11.8. The summed E-state index contributed by atoms with van der Waals surface area (Å²) in [7, 11) is 0. The second-order valence-electron chi connectivity index (χ2n) is 8.02. The number of carbonyl (C=O) groups excluding carboxylic acids is 1. The molecule has 0 aliphatic heterocycles. The molecular formula is C19H32O2. The van der Waals surface area contributed by atoms with E-state index in [4.69, 9.17) is 0 Å². The van der Waals surface area contributed by atoms with E-state index in [0.717, 1.165) is 37.0 Å².